The highest BCUT2D eigenvalue weighted by atomic mass is 32.1. The summed E-state index contributed by atoms with van der Waals surface area (Å²) in [5.74, 6) is 1.32. The fourth-order valence-electron chi connectivity index (χ4n) is 1.32. The molecular weight excluding hydrogens is 172 g/mol. The summed E-state index contributed by atoms with van der Waals surface area (Å²) in [6.45, 7) is 0. The van der Waals surface area contributed by atoms with Crippen molar-refractivity contribution in [1.29, 1.82) is 0 Å². The van der Waals surface area contributed by atoms with Crippen molar-refractivity contribution >= 4 is 11.3 Å². The first-order valence-corrected chi connectivity index (χ1v) is 5.00. The lowest BCUT2D eigenvalue weighted by Crippen LogP contribution is -1.98. The molecule has 3 heteroatoms. The van der Waals surface area contributed by atoms with Crippen molar-refractivity contribution in [3.8, 4) is 5.75 Å². The summed E-state index contributed by atoms with van der Waals surface area (Å²) in [7, 11) is 1.64. The Morgan fingerprint density at radius 2 is 2.42 bits per heavy atom. The van der Waals surface area contributed by atoms with Crippen LogP contribution in [0.25, 0.3) is 0 Å². The topological polar surface area (TPSA) is 29.5 Å². The number of hydrogen-bond donors (Lipinski definition) is 1. The van der Waals surface area contributed by atoms with Crippen molar-refractivity contribution in [2.24, 2.45) is 5.92 Å². The molecule has 0 bridgehead atoms. The van der Waals surface area contributed by atoms with E-state index in [0.29, 0.717) is 5.92 Å². The van der Waals surface area contributed by atoms with E-state index in [9.17, 15) is 5.11 Å². The van der Waals surface area contributed by atoms with Gasteiger partial charge in [0, 0.05) is 0 Å². The van der Waals surface area contributed by atoms with E-state index >= 15 is 0 Å². The maximum atomic E-state index is 9.79. The van der Waals surface area contributed by atoms with Gasteiger partial charge in [-0.3, -0.25) is 0 Å². The Morgan fingerprint density at radius 1 is 1.67 bits per heavy atom. The molecule has 1 heterocycles. The van der Waals surface area contributed by atoms with Gasteiger partial charge in [0.1, 0.15) is 5.75 Å². The molecule has 2 rings (SSSR count). The molecular formula is C9H12O2S. The summed E-state index contributed by atoms with van der Waals surface area (Å²) in [5.41, 5.74) is 0. The molecule has 0 radical (unpaired) electrons. The molecule has 0 saturated heterocycles. The van der Waals surface area contributed by atoms with E-state index in [2.05, 4.69) is 0 Å². The maximum absolute atomic E-state index is 9.79. The van der Waals surface area contributed by atoms with Gasteiger partial charge < -0.3 is 9.84 Å². The molecule has 0 amide bonds. The van der Waals surface area contributed by atoms with Crippen LogP contribution < -0.4 is 4.74 Å². The predicted octanol–water partition coefficient (Wildman–Crippen LogP) is 2.20. The van der Waals surface area contributed by atoms with E-state index < -0.39 is 0 Å². The fourth-order valence-corrected chi connectivity index (χ4v) is 2.26. The van der Waals surface area contributed by atoms with Crippen molar-refractivity contribution in [2.45, 2.75) is 18.9 Å². The van der Waals surface area contributed by atoms with Crippen LogP contribution in [-0.4, -0.2) is 12.2 Å². The van der Waals surface area contributed by atoms with Gasteiger partial charge in [-0.25, -0.2) is 0 Å². The Morgan fingerprint density at radius 3 is 3.00 bits per heavy atom. The molecule has 1 aliphatic rings. The highest BCUT2D eigenvalue weighted by Gasteiger charge is 2.33. The summed E-state index contributed by atoms with van der Waals surface area (Å²) in [4.78, 5) is 0.986. The Hall–Kier alpha value is -0.540. The van der Waals surface area contributed by atoms with E-state index in [4.69, 9.17) is 4.74 Å². The second-order valence-electron chi connectivity index (χ2n) is 3.14. The van der Waals surface area contributed by atoms with Crippen LogP contribution in [0, 0.1) is 5.92 Å². The molecule has 1 saturated carbocycles. The van der Waals surface area contributed by atoms with Crippen LogP contribution in [0.5, 0.6) is 5.75 Å². The molecule has 12 heavy (non-hydrogen) atoms. The van der Waals surface area contributed by atoms with Crippen LogP contribution in [0.4, 0.5) is 0 Å². The number of hydrogen-bond acceptors (Lipinski definition) is 3. The summed E-state index contributed by atoms with van der Waals surface area (Å²) in [6, 6.07) is 1.91. The second kappa shape index (κ2) is 3.07. The number of aliphatic hydroxyl groups excluding tert-OH is 1. The third kappa shape index (κ3) is 1.34. The SMILES string of the molecule is COc1ccsc1C(O)C1CC1. The minimum Gasteiger partial charge on any atom is -0.495 e. The first-order valence-electron chi connectivity index (χ1n) is 4.12. The number of thiophene rings is 1. The van der Waals surface area contributed by atoms with Gasteiger partial charge in [0.15, 0.2) is 0 Å². The highest BCUT2D eigenvalue weighted by molar-refractivity contribution is 7.10. The molecule has 0 aromatic carbocycles. The summed E-state index contributed by atoms with van der Waals surface area (Å²) in [5, 5.41) is 11.7. The highest BCUT2D eigenvalue weighted by Crippen LogP contribution is 2.45. The third-order valence-electron chi connectivity index (χ3n) is 2.21. The predicted molar refractivity (Wildman–Crippen MR) is 48.6 cm³/mol. The lowest BCUT2D eigenvalue weighted by molar-refractivity contribution is 0.154. The normalized spacial score (nSPS) is 19.2. The molecule has 1 unspecified atom stereocenters. The van der Waals surface area contributed by atoms with Gasteiger partial charge in [0.2, 0.25) is 0 Å². The molecule has 0 aliphatic heterocycles. The Kier molecular flexibility index (Phi) is 2.07. The lowest BCUT2D eigenvalue weighted by Gasteiger charge is -2.08. The van der Waals surface area contributed by atoms with E-state index in [1.807, 2.05) is 11.4 Å². The van der Waals surface area contributed by atoms with Crippen molar-refractivity contribution in [3.63, 3.8) is 0 Å². The Bertz CT molecular complexity index is 265. The smallest absolute Gasteiger partial charge is 0.135 e. The summed E-state index contributed by atoms with van der Waals surface area (Å²) < 4.78 is 5.13. The first kappa shape index (κ1) is 8.08. The quantitative estimate of drug-likeness (QED) is 0.780. The third-order valence-corrected chi connectivity index (χ3v) is 3.18. The standard InChI is InChI=1S/C9H12O2S/c1-11-7-4-5-12-9(7)8(10)6-2-3-6/h4-6,8,10H,2-3H2,1H3. The zero-order chi connectivity index (χ0) is 8.55. The lowest BCUT2D eigenvalue weighted by atomic mass is 10.2. The molecule has 1 aromatic rings. The fraction of sp³-hybridized carbons (Fsp3) is 0.556. The second-order valence-corrected chi connectivity index (χ2v) is 4.08. The average molecular weight is 184 g/mol. The minimum atomic E-state index is -0.292. The van der Waals surface area contributed by atoms with Gasteiger partial charge in [-0.1, -0.05) is 0 Å². The summed E-state index contributed by atoms with van der Waals surface area (Å²) >= 11 is 1.58. The van der Waals surface area contributed by atoms with Crippen molar-refractivity contribution in [1.82, 2.24) is 0 Å². The van der Waals surface area contributed by atoms with Crippen LogP contribution >= 0.6 is 11.3 Å². The van der Waals surface area contributed by atoms with Gasteiger partial charge in [-0.05, 0) is 30.2 Å². The van der Waals surface area contributed by atoms with Crippen LogP contribution in [0.15, 0.2) is 11.4 Å². The molecule has 0 spiro atoms. The zero-order valence-electron chi connectivity index (χ0n) is 6.99. The van der Waals surface area contributed by atoms with E-state index in [-0.39, 0.29) is 6.10 Å². The molecule has 66 valence electrons. The number of aliphatic hydroxyl groups is 1. The van der Waals surface area contributed by atoms with E-state index in [1.165, 1.54) is 0 Å². The number of methoxy groups -OCH3 is 1. The zero-order valence-corrected chi connectivity index (χ0v) is 7.80. The van der Waals surface area contributed by atoms with Gasteiger partial charge in [-0.15, -0.1) is 11.3 Å². The van der Waals surface area contributed by atoms with Crippen LogP contribution in [-0.2, 0) is 0 Å². The Labute approximate surface area is 75.8 Å². The van der Waals surface area contributed by atoms with Crippen LogP contribution in [0.3, 0.4) is 0 Å². The molecule has 2 nitrogen and oxygen atoms in total. The Balaban J connectivity index is 2.19. The van der Waals surface area contributed by atoms with Crippen molar-refractivity contribution in [3.05, 3.63) is 16.3 Å². The molecule has 1 N–H and O–H groups in total. The molecule has 1 aromatic heterocycles. The monoisotopic (exact) mass is 184 g/mol. The van der Waals surface area contributed by atoms with Gasteiger partial charge in [-0.2, -0.15) is 0 Å². The van der Waals surface area contributed by atoms with Gasteiger partial charge in [0.05, 0.1) is 18.1 Å². The first-order chi connectivity index (χ1) is 5.83. The van der Waals surface area contributed by atoms with Crippen LogP contribution in [0.2, 0.25) is 0 Å². The van der Waals surface area contributed by atoms with E-state index in [0.717, 1.165) is 23.5 Å². The van der Waals surface area contributed by atoms with Gasteiger partial charge in [0.25, 0.3) is 0 Å². The maximum Gasteiger partial charge on any atom is 0.135 e. The van der Waals surface area contributed by atoms with E-state index in [1.54, 1.807) is 18.4 Å². The number of ether oxygens (including phenoxy) is 1. The molecule has 1 fully saturated rings. The van der Waals surface area contributed by atoms with Crippen molar-refractivity contribution in [2.75, 3.05) is 7.11 Å². The van der Waals surface area contributed by atoms with Crippen LogP contribution in [0.1, 0.15) is 23.8 Å². The number of rotatable bonds is 3. The largest absolute Gasteiger partial charge is 0.495 e. The summed E-state index contributed by atoms with van der Waals surface area (Å²) in [6.07, 6.45) is 2.02. The minimum absolute atomic E-state index is 0.292. The molecule has 1 aliphatic carbocycles. The van der Waals surface area contributed by atoms with Crippen molar-refractivity contribution < 1.29 is 9.84 Å². The average Bonchev–Trinajstić information content (AvgIpc) is 2.82. The van der Waals surface area contributed by atoms with Gasteiger partial charge >= 0.3 is 0 Å². The molecule has 1 atom stereocenters.